The van der Waals surface area contributed by atoms with Gasteiger partial charge in [-0.3, -0.25) is 9.59 Å². The summed E-state index contributed by atoms with van der Waals surface area (Å²) in [6, 6.07) is 0. The molecule has 2 heterocycles. The number of methoxy groups -OCH3 is 2. The highest BCUT2D eigenvalue weighted by Gasteiger charge is 2.57. The van der Waals surface area contributed by atoms with Crippen molar-refractivity contribution < 1.29 is 58.5 Å². The van der Waals surface area contributed by atoms with E-state index in [0.29, 0.717) is 0 Å². The van der Waals surface area contributed by atoms with E-state index >= 15 is 0 Å². The fraction of sp³-hybridized carbons (Fsp3) is 0.722. The maximum atomic E-state index is 12.6. The van der Waals surface area contributed by atoms with Crippen LogP contribution < -0.4 is 0 Å². The zero-order valence-electron chi connectivity index (χ0n) is 16.2. The molecule has 30 heavy (non-hydrogen) atoms. The van der Waals surface area contributed by atoms with Gasteiger partial charge in [0.2, 0.25) is 6.29 Å². The van der Waals surface area contributed by atoms with Gasteiger partial charge in [0.15, 0.2) is 6.29 Å². The zero-order chi connectivity index (χ0) is 22.2. The number of hydrogen-bond donors (Lipinski definition) is 4. The summed E-state index contributed by atoms with van der Waals surface area (Å²) in [5.74, 6) is -5.03. The number of rotatable bonds is 5. The average Bonchev–Trinajstić information content (AvgIpc) is 3.10. The predicted molar refractivity (Wildman–Crippen MR) is 91.9 cm³/mol. The fourth-order valence-corrected chi connectivity index (χ4v) is 4.08. The lowest BCUT2D eigenvalue weighted by Crippen LogP contribution is -2.60. The number of fused-ring (bicyclic) bond motifs is 1. The Balaban J connectivity index is 1.90. The third kappa shape index (κ3) is 3.82. The van der Waals surface area contributed by atoms with Crippen LogP contribution in [0.25, 0.3) is 0 Å². The summed E-state index contributed by atoms with van der Waals surface area (Å²) in [6.45, 7) is -0.669. The van der Waals surface area contributed by atoms with E-state index in [1.54, 1.807) is 0 Å². The standard InChI is InChI=1S/C18H24O12/c1-26-15(24)6-3-8(20)10-7(16(25)27-2)5-28-17(11(6)10)30-18-14(23)13(22)12(21)9(4-19)29-18/h5-6,9-14,17-19,21-23H,3-4H2,1-2H3/t6-,9+,10-,11?,12+,13-,14+,17-,18-/m0/s1. The van der Waals surface area contributed by atoms with E-state index in [1.807, 2.05) is 0 Å². The van der Waals surface area contributed by atoms with Crippen LogP contribution in [-0.4, -0.2) is 96.0 Å². The maximum absolute atomic E-state index is 12.6. The molecule has 12 nitrogen and oxygen atoms in total. The lowest BCUT2D eigenvalue weighted by Gasteiger charge is -2.42. The lowest BCUT2D eigenvalue weighted by atomic mass is 9.82. The van der Waals surface area contributed by atoms with Gasteiger partial charge in [0.05, 0.1) is 44.5 Å². The second kappa shape index (κ2) is 8.96. The van der Waals surface area contributed by atoms with Crippen LogP contribution in [0.3, 0.4) is 0 Å². The van der Waals surface area contributed by atoms with Crippen LogP contribution in [0.4, 0.5) is 0 Å². The number of esters is 2. The van der Waals surface area contributed by atoms with Gasteiger partial charge in [0, 0.05) is 12.3 Å². The molecule has 1 saturated carbocycles. The minimum absolute atomic E-state index is 0.0902. The molecule has 3 rings (SSSR count). The molecule has 0 spiro atoms. The summed E-state index contributed by atoms with van der Waals surface area (Å²) < 4.78 is 25.8. The number of aliphatic hydroxyl groups excluding tert-OH is 4. The fourth-order valence-electron chi connectivity index (χ4n) is 4.08. The monoisotopic (exact) mass is 432 g/mol. The molecule has 0 bridgehead atoms. The van der Waals surface area contributed by atoms with Crippen LogP contribution in [0, 0.1) is 17.8 Å². The first-order valence-corrected chi connectivity index (χ1v) is 9.25. The smallest absolute Gasteiger partial charge is 0.337 e. The number of carbonyl (C=O) groups excluding carboxylic acids is 3. The highest BCUT2D eigenvalue weighted by atomic mass is 16.8. The number of Topliss-reactive ketones (excluding diaryl/α,β-unsaturated/α-hetero) is 1. The Kier molecular flexibility index (Phi) is 6.75. The highest BCUT2D eigenvalue weighted by molar-refractivity contribution is 6.01. The van der Waals surface area contributed by atoms with Gasteiger partial charge in [-0.15, -0.1) is 0 Å². The van der Waals surface area contributed by atoms with E-state index in [9.17, 15) is 34.8 Å². The Bertz CT molecular complexity index is 718. The van der Waals surface area contributed by atoms with E-state index in [2.05, 4.69) is 4.74 Å². The van der Waals surface area contributed by atoms with Crippen molar-refractivity contribution in [3.63, 3.8) is 0 Å². The quantitative estimate of drug-likeness (QED) is 0.329. The summed E-state index contributed by atoms with van der Waals surface area (Å²) in [4.78, 5) is 36.9. The van der Waals surface area contributed by atoms with Gasteiger partial charge in [-0.05, 0) is 0 Å². The number of aliphatic hydroxyl groups is 4. The average molecular weight is 432 g/mol. The van der Waals surface area contributed by atoms with Crippen molar-refractivity contribution in [2.75, 3.05) is 20.8 Å². The first kappa shape index (κ1) is 22.6. The molecule has 0 aromatic carbocycles. The molecule has 12 heteroatoms. The molecule has 0 aromatic rings. The largest absolute Gasteiger partial charge is 0.471 e. The van der Waals surface area contributed by atoms with Crippen LogP contribution in [0.15, 0.2) is 11.8 Å². The Morgan fingerprint density at radius 2 is 1.80 bits per heavy atom. The maximum Gasteiger partial charge on any atom is 0.337 e. The van der Waals surface area contributed by atoms with Gasteiger partial charge in [-0.25, -0.2) is 4.79 Å². The molecule has 1 unspecified atom stereocenters. The first-order chi connectivity index (χ1) is 14.2. The lowest BCUT2D eigenvalue weighted by molar-refractivity contribution is -0.342. The molecule has 3 aliphatic rings. The second-order valence-corrected chi connectivity index (χ2v) is 7.26. The SMILES string of the molecule is COC(=O)C1=CO[C@@H](O[C@@H]2O[C@H](CO)[C@@H](O)[C@H](O)[C@H]2O)C2[C@@H]1C(=O)C[C@@H]2C(=O)OC. The Hall–Kier alpha value is -2.09. The van der Waals surface area contributed by atoms with Crippen molar-refractivity contribution in [2.24, 2.45) is 17.8 Å². The van der Waals surface area contributed by atoms with Crippen molar-refractivity contribution in [1.82, 2.24) is 0 Å². The van der Waals surface area contributed by atoms with Crippen molar-refractivity contribution in [2.45, 2.75) is 43.4 Å². The van der Waals surface area contributed by atoms with Gasteiger partial charge in [0.1, 0.15) is 30.2 Å². The first-order valence-electron chi connectivity index (χ1n) is 9.25. The van der Waals surface area contributed by atoms with Crippen molar-refractivity contribution in [1.29, 1.82) is 0 Å². The van der Waals surface area contributed by atoms with Crippen LogP contribution >= 0.6 is 0 Å². The van der Waals surface area contributed by atoms with Gasteiger partial charge >= 0.3 is 11.9 Å². The topological polar surface area (TPSA) is 178 Å². The summed E-state index contributed by atoms with van der Waals surface area (Å²) in [5.41, 5.74) is -0.0902. The van der Waals surface area contributed by atoms with Crippen molar-refractivity contribution >= 4 is 17.7 Å². The van der Waals surface area contributed by atoms with Crippen molar-refractivity contribution in [3.8, 4) is 0 Å². The van der Waals surface area contributed by atoms with Gasteiger partial charge in [0.25, 0.3) is 0 Å². The summed E-state index contributed by atoms with van der Waals surface area (Å²) in [7, 11) is 2.28. The highest BCUT2D eigenvalue weighted by Crippen LogP contribution is 2.46. The minimum atomic E-state index is -1.72. The van der Waals surface area contributed by atoms with E-state index in [-0.39, 0.29) is 12.0 Å². The number of ketones is 1. The molecule has 4 N–H and O–H groups in total. The Morgan fingerprint density at radius 3 is 2.40 bits per heavy atom. The van der Waals surface area contributed by atoms with E-state index in [4.69, 9.17) is 18.9 Å². The molecular formula is C18H24O12. The summed E-state index contributed by atoms with van der Waals surface area (Å²) in [6.07, 6.45) is -8.38. The second-order valence-electron chi connectivity index (χ2n) is 7.26. The molecular weight excluding hydrogens is 408 g/mol. The van der Waals surface area contributed by atoms with E-state index in [1.165, 1.54) is 0 Å². The molecule has 1 saturated heterocycles. The predicted octanol–water partition coefficient (Wildman–Crippen LogP) is -2.79. The number of hydrogen-bond acceptors (Lipinski definition) is 12. The van der Waals surface area contributed by atoms with Gasteiger partial charge < -0.3 is 44.1 Å². The molecule has 168 valence electrons. The van der Waals surface area contributed by atoms with Gasteiger partial charge in [-0.1, -0.05) is 0 Å². The van der Waals surface area contributed by atoms with Crippen molar-refractivity contribution in [3.05, 3.63) is 11.8 Å². The molecule has 2 aliphatic heterocycles. The Morgan fingerprint density at radius 1 is 1.10 bits per heavy atom. The normalized spacial score (nSPS) is 40.8. The Labute approximate surface area is 170 Å². The number of carbonyl (C=O) groups is 3. The number of ether oxygens (including phenoxy) is 5. The van der Waals surface area contributed by atoms with E-state index < -0.39 is 79.1 Å². The molecule has 2 fully saturated rings. The molecule has 9 atom stereocenters. The minimum Gasteiger partial charge on any atom is -0.471 e. The third-order valence-electron chi connectivity index (χ3n) is 5.64. The van der Waals surface area contributed by atoms with E-state index in [0.717, 1.165) is 20.5 Å². The molecule has 0 radical (unpaired) electrons. The molecule has 1 aliphatic carbocycles. The third-order valence-corrected chi connectivity index (χ3v) is 5.64. The summed E-state index contributed by atoms with van der Waals surface area (Å²) in [5, 5.41) is 39.3. The van der Waals surface area contributed by atoms with Crippen LogP contribution in [0.2, 0.25) is 0 Å². The van der Waals surface area contributed by atoms with Crippen LogP contribution in [0.5, 0.6) is 0 Å². The molecule has 0 aromatic heterocycles. The zero-order valence-corrected chi connectivity index (χ0v) is 16.2. The van der Waals surface area contributed by atoms with Crippen LogP contribution in [-0.2, 0) is 38.1 Å². The molecule has 0 amide bonds. The summed E-state index contributed by atoms with van der Waals surface area (Å²) >= 11 is 0. The van der Waals surface area contributed by atoms with Crippen LogP contribution in [0.1, 0.15) is 6.42 Å². The van der Waals surface area contributed by atoms with Gasteiger partial charge in [-0.2, -0.15) is 0 Å².